The monoisotopic (exact) mass is 821 g/mol. The first-order valence-electron chi connectivity index (χ1n) is 23.2. The molecule has 4 heteroatoms. The van der Waals surface area contributed by atoms with Crippen molar-refractivity contribution in [3.63, 3.8) is 0 Å². The number of hydrogen-bond donors (Lipinski definition) is 0. The maximum Gasteiger partial charge on any atom is 0.297 e. The molecule has 5 aromatic carbocycles. The number of anilines is 6. The van der Waals surface area contributed by atoms with Gasteiger partial charge in [-0.15, -0.1) is 0 Å². The van der Waals surface area contributed by atoms with Crippen LogP contribution in [0.25, 0.3) is 11.1 Å². The largest absolute Gasteiger partial charge is 0.472 e. The number of furan rings is 1. The lowest BCUT2D eigenvalue weighted by Gasteiger charge is -2.45. The Hall–Kier alpha value is -4.96. The molecule has 1 aliphatic carbocycles. The molecule has 3 nitrogen and oxygen atoms in total. The molecule has 6 aromatic rings. The van der Waals surface area contributed by atoms with Gasteiger partial charge in [0.05, 0.1) is 17.0 Å². The van der Waals surface area contributed by atoms with Gasteiger partial charge in [-0.2, -0.15) is 0 Å². The highest BCUT2D eigenvalue weighted by molar-refractivity contribution is 6.99. The fourth-order valence-electron chi connectivity index (χ4n) is 10.4. The zero-order chi connectivity index (χ0) is 44.7. The SMILES string of the molecule is CC(C)(C)c1ccc(N2c3cc(C(C)(C)C)cc4c3B(c3cc(C(C)(C)C)ccc3N4c3ccc(C(C)(C)C)cc3-c3ccccc3)c3oc4c(c32)C(C)(C)CCC4(C)C)cc1. The van der Waals surface area contributed by atoms with Gasteiger partial charge in [0.15, 0.2) is 0 Å². The van der Waals surface area contributed by atoms with Crippen LogP contribution in [0.2, 0.25) is 0 Å². The molecule has 320 valence electrons. The Morgan fingerprint density at radius 2 is 1.02 bits per heavy atom. The summed E-state index contributed by atoms with van der Waals surface area (Å²) >= 11 is 0. The molecule has 0 N–H and O–H groups in total. The Labute approximate surface area is 374 Å². The summed E-state index contributed by atoms with van der Waals surface area (Å²) in [6, 6.07) is 40.0. The third-order valence-electron chi connectivity index (χ3n) is 14.5. The van der Waals surface area contributed by atoms with Crippen LogP contribution in [0.3, 0.4) is 0 Å². The molecular formula is C58H69BN2O. The van der Waals surface area contributed by atoms with Crippen molar-refractivity contribution in [3.8, 4) is 11.1 Å². The Bertz CT molecular complexity index is 2720. The highest BCUT2D eigenvalue weighted by atomic mass is 16.3. The molecular weight excluding hydrogens is 751 g/mol. The van der Waals surface area contributed by atoms with Crippen LogP contribution in [0, 0.1) is 0 Å². The van der Waals surface area contributed by atoms with Crippen LogP contribution in [0.1, 0.15) is 157 Å². The molecule has 0 saturated carbocycles. The van der Waals surface area contributed by atoms with Crippen LogP contribution in [-0.4, -0.2) is 6.71 Å². The van der Waals surface area contributed by atoms with E-state index in [-0.39, 0.29) is 39.2 Å². The van der Waals surface area contributed by atoms with E-state index in [9.17, 15) is 0 Å². The van der Waals surface area contributed by atoms with E-state index in [1.165, 1.54) is 84.0 Å². The molecule has 1 aromatic heterocycles. The number of hydrogen-bond acceptors (Lipinski definition) is 3. The first kappa shape index (κ1) is 42.4. The Balaban J connectivity index is 1.46. The van der Waals surface area contributed by atoms with Gasteiger partial charge in [0.1, 0.15) is 5.76 Å². The predicted molar refractivity (Wildman–Crippen MR) is 268 cm³/mol. The molecule has 0 radical (unpaired) electrons. The van der Waals surface area contributed by atoms with E-state index < -0.39 is 0 Å². The second-order valence-corrected chi connectivity index (χ2v) is 24.2. The van der Waals surface area contributed by atoms with Crippen LogP contribution in [-0.2, 0) is 32.5 Å². The standard InChI is InChI=1S/C58H69BN2O/c1-53(2,3)37-22-26-41(27-23-37)60-46-34-40(56(10,11)12)35-47-49(46)59(52-50(60)48-51(62-52)58(15,16)31-30-57(48,13)14)43-33-39(55(7,8)9)25-29-45(43)61(47)44-28-24-38(54(4,5)6)32-42(44)36-20-18-17-19-21-36/h17-29,32-35H,30-31H2,1-16H3. The molecule has 3 aliphatic rings. The smallest absolute Gasteiger partial charge is 0.297 e. The van der Waals surface area contributed by atoms with E-state index in [4.69, 9.17) is 4.42 Å². The van der Waals surface area contributed by atoms with Gasteiger partial charge < -0.3 is 14.2 Å². The molecule has 0 saturated heterocycles. The molecule has 2 aliphatic heterocycles. The second kappa shape index (κ2) is 13.8. The highest BCUT2D eigenvalue weighted by Gasteiger charge is 2.53. The van der Waals surface area contributed by atoms with Crippen molar-refractivity contribution in [2.24, 2.45) is 0 Å². The zero-order valence-electron chi connectivity index (χ0n) is 40.6. The molecule has 0 unspecified atom stereocenters. The minimum absolute atomic E-state index is 0.0146. The molecule has 0 bridgehead atoms. The first-order chi connectivity index (χ1) is 28.8. The summed E-state index contributed by atoms with van der Waals surface area (Å²) in [6.07, 6.45) is 2.19. The zero-order valence-corrected chi connectivity index (χ0v) is 40.6. The van der Waals surface area contributed by atoms with E-state index >= 15 is 0 Å². The molecule has 62 heavy (non-hydrogen) atoms. The van der Waals surface area contributed by atoms with Crippen molar-refractivity contribution in [1.82, 2.24) is 0 Å². The number of rotatable bonds is 3. The minimum Gasteiger partial charge on any atom is -0.472 e. The summed E-state index contributed by atoms with van der Waals surface area (Å²) in [5.74, 6) is 1.15. The van der Waals surface area contributed by atoms with Gasteiger partial charge in [-0.1, -0.05) is 171 Å². The highest BCUT2D eigenvalue weighted by Crippen LogP contribution is 2.55. The van der Waals surface area contributed by atoms with Crippen molar-refractivity contribution >= 4 is 57.4 Å². The van der Waals surface area contributed by atoms with E-state index in [1.54, 1.807) is 0 Å². The summed E-state index contributed by atoms with van der Waals surface area (Å²) in [5, 5.41) is 0. The second-order valence-electron chi connectivity index (χ2n) is 24.2. The lowest BCUT2D eigenvalue weighted by atomic mass is 9.35. The van der Waals surface area contributed by atoms with Gasteiger partial charge in [0, 0.05) is 39.3 Å². The van der Waals surface area contributed by atoms with E-state index in [2.05, 4.69) is 224 Å². The van der Waals surface area contributed by atoms with Gasteiger partial charge in [-0.05, 0) is 121 Å². The minimum atomic E-state index is -0.124. The summed E-state index contributed by atoms with van der Waals surface area (Å²) in [5.41, 5.74) is 19.8. The van der Waals surface area contributed by atoms with Crippen LogP contribution in [0.5, 0.6) is 0 Å². The fraction of sp³-hybridized carbons (Fsp3) is 0.414. The predicted octanol–water partition coefficient (Wildman–Crippen LogP) is 14.6. The average Bonchev–Trinajstić information content (AvgIpc) is 3.61. The van der Waals surface area contributed by atoms with Crippen molar-refractivity contribution in [2.75, 3.05) is 9.80 Å². The fourth-order valence-corrected chi connectivity index (χ4v) is 10.4. The van der Waals surface area contributed by atoms with Crippen molar-refractivity contribution in [1.29, 1.82) is 0 Å². The van der Waals surface area contributed by atoms with Gasteiger partial charge in [-0.3, -0.25) is 0 Å². The van der Waals surface area contributed by atoms with Gasteiger partial charge >= 0.3 is 0 Å². The lowest BCUT2D eigenvalue weighted by molar-refractivity contribution is 0.282. The molecule has 0 amide bonds. The third kappa shape index (κ3) is 6.78. The van der Waals surface area contributed by atoms with Gasteiger partial charge in [0.25, 0.3) is 6.71 Å². The van der Waals surface area contributed by atoms with E-state index in [1.807, 2.05) is 0 Å². The average molecular weight is 821 g/mol. The molecule has 3 heterocycles. The molecule has 0 spiro atoms. The molecule has 9 rings (SSSR count). The van der Waals surface area contributed by atoms with Crippen LogP contribution in [0.4, 0.5) is 34.1 Å². The summed E-state index contributed by atoms with van der Waals surface area (Å²) < 4.78 is 7.67. The summed E-state index contributed by atoms with van der Waals surface area (Å²) in [6.45, 7) is 37.6. The van der Waals surface area contributed by atoms with Crippen molar-refractivity contribution < 1.29 is 4.42 Å². The third-order valence-corrected chi connectivity index (χ3v) is 14.5. The Morgan fingerprint density at radius 3 is 1.60 bits per heavy atom. The molecule has 0 atom stereocenters. The first-order valence-corrected chi connectivity index (χ1v) is 23.2. The summed E-state index contributed by atoms with van der Waals surface area (Å²) in [7, 11) is 0. The van der Waals surface area contributed by atoms with E-state index in [0.29, 0.717) is 0 Å². The number of nitrogens with zero attached hydrogens (tertiary/aromatic N) is 2. The Kier molecular flexibility index (Phi) is 9.41. The maximum absolute atomic E-state index is 7.67. The van der Waals surface area contributed by atoms with Crippen LogP contribution < -0.4 is 26.4 Å². The number of fused-ring (bicyclic) bond motifs is 6. The van der Waals surface area contributed by atoms with Crippen molar-refractivity contribution in [3.05, 3.63) is 137 Å². The van der Waals surface area contributed by atoms with Gasteiger partial charge in [-0.25, -0.2) is 0 Å². The lowest BCUT2D eigenvalue weighted by Crippen LogP contribution is -2.61. The molecule has 0 fully saturated rings. The maximum atomic E-state index is 7.67. The normalized spacial score (nSPS) is 16.7. The topological polar surface area (TPSA) is 19.6 Å². The summed E-state index contributed by atoms with van der Waals surface area (Å²) in [4.78, 5) is 5.24. The van der Waals surface area contributed by atoms with Crippen molar-refractivity contribution in [2.45, 2.75) is 156 Å². The van der Waals surface area contributed by atoms with Crippen LogP contribution >= 0.6 is 0 Å². The van der Waals surface area contributed by atoms with E-state index in [0.717, 1.165) is 24.3 Å². The quantitative estimate of drug-likeness (QED) is 0.166. The number of benzene rings is 5. The van der Waals surface area contributed by atoms with Gasteiger partial charge in [0.2, 0.25) is 0 Å². The Morgan fingerprint density at radius 1 is 0.500 bits per heavy atom. The van der Waals surface area contributed by atoms with Crippen LogP contribution in [0.15, 0.2) is 108 Å².